The van der Waals surface area contributed by atoms with Gasteiger partial charge in [-0.1, -0.05) is 30.3 Å². The van der Waals surface area contributed by atoms with Crippen molar-refractivity contribution in [2.45, 2.75) is 13.5 Å². The van der Waals surface area contributed by atoms with Crippen LogP contribution in [0.4, 0.5) is 10.1 Å². The fraction of sp³-hybridized carbons (Fsp3) is 0.120. The lowest BCUT2D eigenvalue weighted by molar-refractivity contribution is -0.119. The second kappa shape index (κ2) is 9.95. The molecule has 0 aliphatic rings. The van der Waals surface area contributed by atoms with Gasteiger partial charge >= 0.3 is 0 Å². The van der Waals surface area contributed by atoms with E-state index in [0.717, 1.165) is 37.0 Å². The van der Waals surface area contributed by atoms with Crippen LogP contribution in [-0.4, -0.2) is 23.2 Å². The maximum absolute atomic E-state index is 13.3. The zero-order valence-electron chi connectivity index (χ0n) is 17.5. The molecule has 0 atom stereocenters. The topological polar surface area (TPSA) is 58.4 Å². The summed E-state index contributed by atoms with van der Waals surface area (Å²) in [7, 11) is 0. The first-order valence-electron chi connectivity index (χ1n) is 10.1. The molecular formula is C25H22FIN4O. The van der Waals surface area contributed by atoms with Gasteiger partial charge in [0.25, 0.3) is 5.91 Å². The number of halogens is 2. The van der Waals surface area contributed by atoms with Crippen molar-refractivity contribution in [1.29, 1.82) is 0 Å². The molecule has 7 heteroatoms. The highest BCUT2D eigenvalue weighted by Crippen LogP contribution is 2.25. The van der Waals surface area contributed by atoms with Gasteiger partial charge in [-0.25, -0.2) is 9.82 Å². The molecule has 0 unspecified atom stereocenters. The minimum Gasteiger partial charge on any atom is -0.376 e. The van der Waals surface area contributed by atoms with Crippen molar-refractivity contribution < 1.29 is 9.18 Å². The molecule has 1 amide bonds. The molecule has 4 aromatic rings. The van der Waals surface area contributed by atoms with Gasteiger partial charge in [-0.05, 0) is 77.5 Å². The lowest BCUT2D eigenvalue weighted by atomic mass is 10.1. The Morgan fingerprint density at radius 3 is 2.53 bits per heavy atom. The molecule has 2 N–H and O–H groups in total. The van der Waals surface area contributed by atoms with Gasteiger partial charge in [-0.15, -0.1) is 0 Å². The molecule has 0 spiro atoms. The molecule has 0 aliphatic carbocycles. The number of benzene rings is 3. The lowest BCUT2D eigenvalue weighted by Crippen LogP contribution is -2.25. The summed E-state index contributed by atoms with van der Waals surface area (Å²) in [5.41, 5.74) is 7.49. The standard InChI is InChI=1S/C25H22FIN4O/c1-17-23(14-29-30-25(32)15-28-21-12-10-20(27)11-13-21)22-4-2-3-5-24(22)31(17)16-18-6-8-19(26)9-7-18/h2-14,28H,15-16H2,1H3,(H,30,32)/b29-14-. The number of amides is 1. The molecule has 5 nitrogen and oxygen atoms in total. The average Bonchev–Trinajstić information content (AvgIpc) is 3.06. The van der Waals surface area contributed by atoms with Gasteiger partial charge in [0.05, 0.1) is 12.8 Å². The lowest BCUT2D eigenvalue weighted by Gasteiger charge is -2.09. The van der Waals surface area contributed by atoms with E-state index >= 15 is 0 Å². The predicted molar refractivity (Wildman–Crippen MR) is 136 cm³/mol. The smallest absolute Gasteiger partial charge is 0.259 e. The molecule has 0 aliphatic heterocycles. The Labute approximate surface area is 199 Å². The summed E-state index contributed by atoms with van der Waals surface area (Å²) in [6, 6.07) is 22.4. The van der Waals surface area contributed by atoms with Crippen LogP contribution in [-0.2, 0) is 11.3 Å². The molecule has 0 bridgehead atoms. The van der Waals surface area contributed by atoms with E-state index in [-0.39, 0.29) is 18.3 Å². The van der Waals surface area contributed by atoms with Crippen molar-refractivity contribution in [3.05, 3.63) is 99.0 Å². The zero-order valence-corrected chi connectivity index (χ0v) is 19.6. The van der Waals surface area contributed by atoms with Crippen LogP contribution in [0, 0.1) is 16.3 Å². The summed E-state index contributed by atoms with van der Waals surface area (Å²) in [4.78, 5) is 12.2. The summed E-state index contributed by atoms with van der Waals surface area (Å²) in [6.45, 7) is 2.76. The second-order valence-corrected chi connectivity index (χ2v) is 8.63. The molecule has 0 radical (unpaired) electrons. The third kappa shape index (κ3) is 5.16. The molecule has 0 saturated carbocycles. The van der Waals surface area contributed by atoms with E-state index in [4.69, 9.17) is 0 Å². The summed E-state index contributed by atoms with van der Waals surface area (Å²) in [5.74, 6) is -0.476. The van der Waals surface area contributed by atoms with Crippen LogP contribution in [0.1, 0.15) is 16.8 Å². The van der Waals surface area contributed by atoms with Crippen LogP contribution in [0.3, 0.4) is 0 Å². The summed E-state index contributed by atoms with van der Waals surface area (Å²) >= 11 is 2.24. The molecule has 0 fully saturated rings. The maximum atomic E-state index is 13.3. The number of hydrazone groups is 1. The maximum Gasteiger partial charge on any atom is 0.259 e. The molecule has 4 rings (SSSR count). The number of fused-ring (bicyclic) bond motifs is 1. The van der Waals surface area contributed by atoms with E-state index in [2.05, 4.69) is 43.0 Å². The first kappa shape index (κ1) is 22.0. The molecule has 162 valence electrons. The van der Waals surface area contributed by atoms with Crippen molar-refractivity contribution >= 4 is 51.3 Å². The predicted octanol–water partition coefficient (Wildman–Crippen LogP) is 5.30. The van der Waals surface area contributed by atoms with E-state index in [1.54, 1.807) is 18.3 Å². The Morgan fingerprint density at radius 2 is 1.78 bits per heavy atom. The molecule has 3 aromatic carbocycles. The number of hydrogen-bond acceptors (Lipinski definition) is 3. The van der Waals surface area contributed by atoms with Gasteiger partial charge in [0.2, 0.25) is 0 Å². The van der Waals surface area contributed by atoms with Crippen LogP contribution in [0.5, 0.6) is 0 Å². The second-order valence-electron chi connectivity index (χ2n) is 7.38. The van der Waals surface area contributed by atoms with Crippen LogP contribution < -0.4 is 10.7 Å². The molecule has 1 aromatic heterocycles. The Morgan fingerprint density at radius 1 is 1.06 bits per heavy atom. The van der Waals surface area contributed by atoms with Crippen molar-refractivity contribution in [2.75, 3.05) is 11.9 Å². The van der Waals surface area contributed by atoms with E-state index in [9.17, 15) is 9.18 Å². The number of carbonyl (C=O) groups excluding carboxylic acids is 1. The minimum absolute atomic E-state index is 0.128. The van der Waals surface area contributed by atoms with Gasteiger partial charge < -0.3 is 9.88 Å². The van der Waals surface area contributed by atoms with E-state index in [1.807, 2.05) is 55.5 Å². The van der Waals surface area contributed by atoms with Gasteiger partial charge in [0.15, 0.2) is 0 Å². The number of nitrogens with one attached hydrogen (secondary N) is 2. The highest BCUT2D eigenvalue weighted by molar-refractivity contribution is 14.1. The molecule has 32 heavy (non-hydrogen) atoms. The van der Waals surface area contributed by atoms with Crippen molar-refractivity contribution in [1.82, 2.24) is 9.99 Å². The molecular weight excluding hydrogens is 518 g/mol. The minimum atomic E-state index is -0.247. The number of hydrogen-bond donors (Lipinski definition) is 2. The third-order valence-corrected chi connectivity index (χ3v) is 5.93. The van der Waals surface area contributed by atoms with Crippen LogP contribution >= 0.6 is 22.6 Å². The Hall–Kier alpha value is -3.20. The fourth-order valence-corrected chi connectivity index (χ4v) is 3.91. The SMILES string of the molecule is Cc1c(/C=N\NC(=O)CNc2ccc(I)cc2)c2ccccc2n1Cc1ccc(F)cc1. The van der Waals surface area contributed by atoms with E-state index in [1.165, 1.54) is 12.1 Å². The first-order valence-corrected chi connectivity index (χ1v) is 11.2. The van der Waals surface area contributed by atoms with Crippen molar-refractivity contribution in [3.63, 3.8) is 0 Å². The van der Waals surface area contributed by atoms with Gasteiger partial charge in [-0.2, -0.15) is 5.10 Å². The number of para-hydroxylation sites is 1. The quantitative estimate of drug-likeness (QED) is 0.190. The van der Waals surface area contributed by atoms with Crippen molar-refractivity contribution in [3.8, 4) is 0 Å². The fourth-order valence-electron chi connectivity index (χ4n) is 3.56. The number of nitrogens with zero attached hydrogens (tertiary/aromatic N) is 2. The molecule has 0 saturated heterocycles. The Balaban J connectivity index is 1.48. The Bertz CT molecular complexity index is 1260. The highest BCUT2D eigenvalue weighted by Gasteiger charge is 2.13. The summed E-state index contributed by atoms with van der Waals surface area (Å²) in [6.07, 6.45) is 1.68. The van der Waals surface area contributed by atoms with Gasteiger partial charge in [0.1, 0.15) is 5.82 Å². The van der Waals surface area contributed by atoms with Crippen LogP contribution in [0.25, 0.3) is 10.9 Å². The van der Waals surface area contributed by atoms with Gasteiger partial charge in [0, 0.05) is 38.0 Å². The third-order valence-electron chi connectivity index (χ3n) is 5.21. The first-order chi connectivity index (χ1) is 15.5. The van der Waals surface area contributed by atoms with E-state index in [0.29, 0.717) is 6.54 Å². The normalized spacial score (nSPS) is 11.2. The number of rotatable bonds is 7. The van der Waals surface area contributed by atoms with Crippen LogP contribution in [0.2, 0.25) is 0 Å². The largest absolute Gasteiger partial charge is 0.376 e. The average molecular weight is 540 g/mol. The summed E-state index contributed by atoms with van der Waals surface area (Å²) < 4.78 is 16.6. The monoisotopic (exact) mass is 540 g/mol. The van der Waals surface area contributed by atoms with Gasteiger partial charge in [-0.3, -0.25) is 4.79 Å². The highest BCUT2D eigenvalue weighted by atomic mass is 127. The number of aromatic nitrogens is 1. The van der Waals surface area contributed by atoms with Crippen LogP contribution in [0.15, 0.2) is 77.9 Å². The van der Waals surface area contributed by atoms with E-state index < -0.39 is 0 Å². The number of carbonyl (C=O) groups is 1. The zero-order chi connectivity index (χ0) is 22.5. The molecule has 1 heterocycles. The Kier molecular flexibility index (Phi) is 6.84. The summed E-state index contributed by atoms with van der Waals surface area (Å²) in [5, 5.41) is 8.30. The number of anilines is 1. The van der Waals surface area contributed by atoms with Crippen molar-refractivity contribution in [2.24, 2.45) is 5.10 Å².